The highest BCUT2D eigenvalue weighted by atomic mass is 35.5. The topological polar surface area (TPSA) is 46.6 Å². The van der Waals surface area contributed by atoms with Crippen molar-refractivity contribution in [3.63, 3.8) is 0 Å². The van der Waals surface area contributed by atoms with Crippen molar-refractivity contribution in [2.24, 2.45) is 5.92 Å². The number of hydrogen-bond acceptors (Lipinski definition) is 3. The van der Waals surface area contributed by atoms with E-state index in [-0.39, 0.29) is 10.6 Å². The van der Waals surface area contributed by atoms with Gasteiger partial charge in [-0.3, -0.25) is 9.59 Å². The number of anilines is 1. The molecule has 0 aliphatic carbocycles. The molecule has 25 heavy (non-hydrogen) atoms. The number of nitrogens with zero attached hydrogens (tertiary/aromatic N) is 1. The number of imide groups is 1. The van der Waals surface area contributed by atoms with E-state index in [1.165, 1.54) is 0 Å². The Labute approximate surface area is 151 Å². The van der Waals surface area contributed by atoms with Crippen molar-refractivity contribution >= 4 is 34.7 Å². The number of benzene rings is 2. The lowest BCUT2D eigenvalue weighted by Gasteiger charge is -2.14. The quantitative estimate of drug-likeness (QED) is 0.753. The first kappa shape index (κ1) is 17.2. The van der Waals surface area contributed by atoms with Crippen LogP contribution in [-0.2, 0) is 9.59 Å². The number of halogens is 1. The summed E-state index contributed by atoms with van der Waals surface area (Å²) in [5, 5.41) is -0.0651. The first-order valence-corrected chi connectivity index (χ1v) is 8.43. The minimum atomic E-state index is -0.506. The summed E-state index contributed by atoms with van der Waals surface area (Å²) in [5.74, 6) is 0.209. The number of hydrogen-bond donors (Lipinski definition) is 0. The monoisotopic (exact) mass is 355 g/mol. The van der Waals surface area contributed by atoms with E-state index in [2.05, 4.69) is 13.8 Å². The standard InChI is InChI=1S/C20H18ClNO3/c1-13(2)12-25-16-10-8-14(9-11-16)17-18(21)20(24)22(19(17)23)15-6-4-3-5-7-15/h3-11,13H,12H2,1-2H3. The van der Waals surface area contributed by atoms with E-state index in [9.17, 15) is 9.59 Å². The Bertz CT molecular complexity index is 826. The van der Waals surface area contributed by atoms with Crippen LogP contribution in [0.1, 0.15) is 19.4 Å². The van der Waals surface area contributed by atoms with Gasteiger partial charge in [0.2, 0.25) is 0 Å². The van der Waals surface area contributed by atoms with Crippen LogP contribution in [-0.4, -0.2) is 18.4 Å². The summed E-state index contributed by atoms with van der Waals surface area (Å²) in [5.41, 5.74) is 1.31. The molecule has 2 aromatic carbocycles. The minimum absolute atomic E-state index is 0.0651. The lowest BCUT2D eigenvalue weighted by Crippen LogP contribution is -2.31. The van der Waals surface area contributed by atoms with Gasteiger partial charge < -0.3 is 4.74 Å². The molecule has 1 heterocycles. The van der Waals surface area contributed by atoms with Gasteiger partial charge >= 0.3 is 0 Å². The average Bonchev–Trinajstić information content (AvgIpc) is 2.83. The minimum Gasteiger partial charge on any atom is -0.493 e. The molecular formula is C20H18ClNO3. The van der Waals surface area contributed by atoms with Crippen LogP contribution in [0, 0.1) is 5.92 Å². The second kappa shape index (κ2) is 7.11. The van der Waals surface area contributed by atoms with Gasteiger partial charge in [0, 0.05) is 0 Å². The van der Waals surface area contributed by atoms with Gasteiger partial charge in [0.05, 0.1) is 17.9 Å². The maximum absolute atomic E-state index is 12.8. The molecule has 3 rings (SSSR count). The molecule has 128 valence electrons. The fourth-order valence-corrected chi connectivity index (χ4v) is 2.82. The third-order valence-corrected chi connectivity index (χ3v) is 4.12. The van der Waals surface area contributed by atoms with Crippen LogP contribution >= 0.6 is 11.6 Å². The summed E-state index contributed by atoms with van der Waals surface area (Å²) in [6, 6.07) is 15.8. The first-order valence-electron chi connectivity index (χ1n) is 8.06. The van der Waals surface area contributed by atoms with Crippen LogP contribution in [0.5, 0.6) is 5.75 Å². The van der Waals surface area contributed by atoms with Gasteiger partial charge in [0.1, 0.15) is 10.8 Å². The van der Waals surface area contributed by atoms with Crippen molar-refractivity contribution < 1.29 is 14.3 Å². The smallest absolute Gasteiger partial charge is 0.277 e. The zero-order valence-corrected chi connectivity index (χ0v) is 14.8. The van der Waals surface area contributed by atoms with Crippen LogP contribution in [0.2, 0.25) is 0 Å². The second-order valence-electron chi connectivity index (χ2n) is 6.20. The van der Waals surface area contributed by atoms with Gasteiger partial charge in [-0.25, -0.2) is 4.90 Å². The molecule has 0 saturated heterocycles. The Hall–Kier alpha value is -2.59. The van der Waals surface area contributed by atoms with Crippen LogP contribution < -0.4 is 9.64 Å². The Kier molecular flexibility index (Phi) is 4.91. The number of carbonyl (C=O) groups is 2. The maximum Gasteiger partial charge on any atom is 0.277 e. The van der Waals surface area contributed by atoms with Gasteiger partial charge in [0.25, 0.3) is 11.8 Å². The highest BCUT2D eigenvalue weighted by Crippen LogP contribution is 2.35. The van der Waals surface area contributed by atoms with Gasteiger partial charge in [-0.1, -0.05) is 55.8 Å². The highest BCUT2D eigenvalue weighted by Gasteiger charge is 2.39. The zero-order chi connectivity index (χ0) is 18.0. The summed E-state index contributed by atoms with van der Waals surface area (Å²) in [7, 11) is 0. The predicted molar refractivity (Wildman–Crippen MR) is 98.5 cm³/mol. The molecule has 2 aromatic rings. The Morgan fingerprint density at radius 1 is 0.960 bits per heavy atom. The summed E-state index contributed by atoms with van der Waals surface area (Å²) in [6.07, 6.45) is 0. The molecule has 0 radical (unpaired) electrons. The number of carbonyl (C=O) groups excluding carboxylic acids is 2. The highest BCUT2D eigenvalue weighted by molar-refractivity contribution is 6.60. The van der Waals surface area contributed by atoms with E-state index in [4.69, 9.17) is 16.3 Å². The van der Waals surface area contributed by atoms with Crippen LogP contribution in [0.3, 0.4) is 0 Å². The van der Waals surface area contributed by atoms with Crippen molar-refractivity contribution in [3.8, 4) is 5.75 Å². The normalized spacial score (nSPS) is 14.6. The molecule has 0 bridgehead atoms. The SMILES string of the molecule is CC(C)COc1ccc(C2=C(Cl)C(=O)N(c3ccccc3)C2=O)cc1. The van der Waals surface area contributed by atoms with E-state index in [1.54, 1.807) is 48.5 Å². The summed E-state index contributed by atoms with van der Waals surface area (Å²) < 4.78 is 5.64. The van der Waals surface area contributed by atoms with Crippen molar-refractivity contribution in [1.82, 2.24) is 0 Å². The average molecular weight is 356 g/mol. The number of para-hydroxylation sites is 1. The van der Waals surface area contributed by atoms with Crippen molar-refractivity contribution in [1.29, 1.82) is 0 Å². The van der Waals surface area contributed by atoms with Gasteiger partial charge in [-0.05, 0) is 35.7 Å². The largest absolute Gasteiger partial charge is 0.493 e. The van der Waals surface area contributed by atoms with E-state index in [0.717, 1.165) is 4.90 Å². The molecule has 0 unspecified atom stereocenters. The molecule has 0 saturated carbocycles. The van der Waals surface area contributed by atoms with E-state index in [1.807, 2.05) is 6.07 Å². The van der Waals surface area contributed by atoms with Gasteiger partial charge in [-0.2, -0.15) is 0 Å². The number of rotatable bonds is 5. The van der Waals surface area contributed by atoms with Crippen molar-refractivity contribution in [2.45, 2.75) is 13.8 Å². The van der Waals surface area contributed by atoms with Crippen molar-refractivity contribution in [3.05, 3.63) is 65.2 Å². The van der Waals surface area contributed by atoms with Crippen LogP contribution in [0.4, 0.5) is 5.69 Å². The molecule has 0 aromatic heterocycles. The number of amides is 2. The Balaban J connectivity index is 1.87. The molecule has 1 aliphatic heterocycles. The predicted octanol–water partition coefficient (Wildman–Crippen LogP) is 4.24. The van der Waals surface area contributed by atoms with Gasteiger partial charge in [-0.15, -0.1) is 0 Å². The van der Waals surface area contributed by atoms with Crippen molar-refractivity contribution in [2.75, 3.05) is 11.5 Å². The fourth-order valence-electron chi connectivity index (χ4n) is 2.55. The lowest BCUT2D eigenvalue weighted by molar-refractivity contribution is -0.119. The molecule has 2 amide bonds. The second-order valence-corrected chi connectivity index (χ2v) is 6.58. The lowest BCUT2D eigenvalue weighted by atomic mass is 10.1. The summed E-state index contributed by atoms with van der Waals surface area (Å²) in [6.45, 7) is 4.75. The van der Waals surface area contributed by atoms with E-state index in [0.29, 0.717) is 29.5 Å². The molecule has 0 spiro atoms. The van der Waals surface area contributed by atoms with Crippen LogP contribution in [0.15, 0.2) is 59.6 Å². The molecule has 1 aliphatic rings. The van der Waals surface area contributed by atoms with Gasteiger partial charge in [0.15, 0.2) is 0 Å². The first-order chi connectivity index (χ1) is 12.0. The van der Waals surface area contributed by atoms with E-state index >= 15 is 0 Å². The molecular weight excluding hydrogens is 338 g/mol. The fraction of sp³-hybridized carbons (Fsp3) is 0.200. The third kappa shape index (κ3) is 3.44. The van der Waals surface area contributed by atoms with Crippen LogP contribution in [0.25, 0.3) is 5.57 Å². The van der Waals surface area contributed by atoms with E-state index < -0.39 is 11.8 Å². The molecule has 0 atom stereocenters. The zero-order valence-electron chi connectivity index (χ0n) is 14.0. The summed E-state index contributed by atoms with van der Waals surface area (Å²) >= 11 is 6.18. The maximum atomic E-state index is 12.8. The Morgan fingerprint density at radius 3 is 2.20 bits per heavy atom. The third-order valence-electron chi connectivity index (χ3n) is 3.77. The molecule has 5 heteroatoms. The summed E-state index contributed by atoms with van der Waals surface area (Å²) in [4.78, 5) is 26.3. The molecule has 4 nitrogen and oxygen atoms in total. The molecule has 0 fully saturated rings. The Morgan fingerprint density at radius 2 is 1.60 bits per heavy atom. The number of ether oxygens (including phenoxy) is 1. The molecule has 0 N–H and O–H groups in total.